The number of ether oxygens (including phenoxy) is 1. The Labute approximate surface area is 97.3 Å². The minimum atomic E-state index is 0.0583. The van der Waals surface area contributed by atoms with Gasteiger partial charge in [-0.1, -0.05) is 13.8 Å². The first-order valence-corrected chi connectivity index (χ1v) is 5.62. The molecular weight excluding hydrogens is 200 g/mol. The van der Waals surface area contributed by atoms with Gasteiger partial charge in [0.2, 0.25) is 0 Å². The molecule has 0 heterocycles. The first-order valence-electron chi connectivity index (χ1n) is 5.62. The van der Waals surface area contributed by atoms with E-state index in [1.807, 2.05) is 19.1 Å². The summed E-state index contributed by atoms with van der Waals surface area (Å²) in [6.45, 7) is 8.19. The molecule has 0 fully saturated rings. The van der Waals surface area contributed by atoms with E-state index in [2.05, 4.69) is 24.8 Å². The van der Waals surface area contributed by atoms with Gasteiger partial charge in [0, 0.05) is 0 Å². The fraction of sp³-hybridized carbons (Fsp3) is 0.462. The van der Waals surface area contributed by atoms with E-state index in [0.717, 1.165) is 18.8 Å². The SMILES string of the molecule is CCN(CC)C(C)Oc1ccc(C#N)cc1. The second kappa shape index (κ2) is 6.14. The van der Waals surface area contributed by atoms with Crippen molar-refractivity contribution in [2.75, 3.05) is 13.1 Å². The van der Waals surface area contributed by atoms with Crippen LogP contribution in [0.4, 0.5) is 0 Å². The van der Waals surface area contributed by atoms with Gasteiger partial charge in [-0.2, -0.15) is 5.26 Å². The van der Waals surface area contributed by atoms with Crippen molar-refractivity contribution in [3.05, 3.63) is 29.8 Å². The molecular formula is C13H18N2O. The van der Waals surface area contributed by atoms with Gasteiger partial charge in [-0.15, -0.1) is 0 Å². The van der Waals surface area contributed by atoms with Crippen LogP contribution >= 0.6 is 0 Å². The third-order valence-corrected chi connectivity index (χ3v) is 2.62. The summed E-state index contributed by atoms with van der Waals surface area (Å²) in [5.41, 5.74) is 0.655. The van der Waals surface area contributed by atoms with Gasteiger partial charge in [0.05, 0.1) is 11.6 Å². The number of hydrogen-bond donors (Lipinski definition) is 0. The van der Waals surface area contributed by atoms with Crippen molar-refractivity contribution in [3.8, 4) is 11.8 Å². The molecule has 0 spiro atoms. The Kier molecular flexibility index (Phi) is 4.81. The first kappa shape index (κ1) is 12.5. The van der Waals surface area contributed by atoms with E-state index in [0.29, 0.717) is 5.56 Å². The Balaban J connectivity index is 2.62. The highest BCUT2D eigenvalue weighted by molar-refractivity contribution is 5.34. The molecule has 0 aliphatic heterocycles. The first-order chi connectivity index (χ1) is 7.71. The van der Waals surface area contributed by atoms with Gasteiger partial charge in [-0.05, 0) is 44.3 Å². The smallest absolute Gasteiger partial charge is 0.149 e. The standard InChI is InChI=1S/C13H18N2O/c1-4-15(5-2)11(3)16-13-8-6-12(10-14)7-9-13/h6-9,11H,4-5H2,1-3H3. The van der Waals surface area contributed by atoms with Crippen LogP contribution in [0.5, 0.6) is 5.75 Å². The molecule has 0 aliphatic rings. The van der Waals surface area contributed by atoms with Crippen LogP contribution in [0.1, 0.15) is 26.3 Å². The number of rotatable bonds is 5. The molecule has 0 aromatic heterocycles. The van der Waals surface area contributed by atoms with E-state index in [-0.39, 0.29) is 6.23 Å². The lowest BCUT2D eigenvalue weighted by atomic mass is 10.2. The summed E-state index contributed by atoms with van der Waals surface area (Å²) in [6.07, 6.45) is 0.0583. The second-order valence-corrected chi connectivity index (χ2v) is 3.57. The van der Waals surface area contributed by atoms with Gasteiger partial charge >= 0.3 is 0 Å². The summed E-state index contributed by atoms with van der Waals surface area (Å²) in [6, 6.07) is 9.29. The quantitative estimate of drug-likeness (QED) is 0.713. The summed E-state index contributed by atoms with van der Waals surface area (Å²) in [5, 5.41) is 8.68. The van der Waals surface area contributed by atoms with Crippen LogP contribution in [0.15, 0.2) is 24.3 Å². The summed E-state index contributed by atoms with van der Waals surface area (Å²) < 4.78 is 5.77. The summed E-state index contributed by atoms with van der Waals surface area (Å²) in [7, 11) is 0. The number of nitriles is 1. The maximum atomic E-state index is 8.68. The average molecular weight is 218 g/mol. The zero-order valence-electron chi connectivity index (χ0n) is 10.1. The normalized spacial score (nSPS) is 12.2. The molecule has 1 atom stereocenters. The largest absolute Gasteiger partial charge is 0.475 e. The maximum absolute atomic E-state index is 8.68. The highest BCUT2D eigenvalue weighted by Gasteiger charge is 2.10. The Hall–Kier alpha value is -1.53. The van der Waals surface area contributed by atoms with Crippen LogP contribution in [0, 0.1) is 11.3 Å². The molecule has 0 amide bonds. The van der Waals surface area contributed by atoms with Crippen molar-refractivity contribution in [1.82, 2.24) is 4.90 Å². The van der Waals surface area contributed by atoms with E-state index < -0.39 is 0 Å². The molecule has 3 nitrogen and oxygen atoms in total. The molecule has 0 bridgehead atoms. The van der Waals surface area contributed by atoms with Crippen molar-refractivity contribution in [2.45, 2.75) is 27.0 Å². The van der Waals surface area contributed by atoms with Crippen LogP contribution in [0.2, 0.25) is 0 Å². The van der Waals surface area contributed by atoms with Gasteiger partial charge in [-0.25, -0.2) is 0 Å². The molecule has 0 N–H and O–H groups in total. The Morgan fingerprint density at radius 3 is 2.25 bits per heavy atom. The number of hydrogen-bond acceptors (Lipinski definition) is 3. The van der Waals surface area contributed by atoms with E-state index in [9.17, 15) is 0 Å². The summed E-state index contributed by atoms with van der Waals surface area (Å²) in [4.78, 5) is 2.22. The van der Waals surface area contributed by atoms with Crippen LogP contribution in [0.25, 0.3) is 0 Å². The summed E-state index contributed by atoms with van der Waals surface area (Å²) >= 11 is 0. The van der Waals surface area contributed by atoms with E-state index in [1.165, 1.54) is 0 Å². The molecule has 0 radical (unpaired) electrons. The van der Waals surface area contributed by atoms with Gasteiger partial charge in [0.1, 0.15) is 12.0 Å². The third-order valence-electron chi connectivity index (χ3n) is 2.62. The fourth-order valence-corrected chi connectivity index (χ4v) is 1.62. The van der Waals surface area contributed by atoms with Crippen molar-refractivity contribution < 1.29 is 4.74 Å². The minimum Gasteiger partial charge on any atom is -0.475 e. The highest BCUT2D eigenvalue weighted by atomic mass is 16.5. The van der Waals surface area contributed by atoms with Crippen molar-refractivity contribution in [2.24, 2.45) is 0 Å². The number of nitrogens with zero attached hydrogens (tertiary/aromatic N) is 2. The second-order valence-electron chi connectivity index (χ2n) is 3.57. The third kappa shape index (κ3) is 3.25. The zero-order valence-corrected chi connectivity index (χ0v) is 10.1. The van der Waals surface area contributed by atoms with Gasteiger partial charge in [0.15, 0.2) is 0 Å². The van der Waals surface area contributed by atoms with Crippen molar-refractivity contribution >= 4 is 0 Å². The van der Waals surface area contributed by atoms with Crippen LogP contribution < -0.4 is 4.74 Å². The monoisotopic (exact) mass is 218 g/mol. The molecule has 16 heavy (non-hydrogen) atoms. The van der Waals surface area contributed by atoms with Crippen molar-refractivity contribution in [1.29, 1.82) is 5.26 Å². The predicted molar refractivity (Wildman–Crippen MR) is 64.2 cm³/mol. The molecule has 86 valence electrons. The van der Waals surface area contributed by atoms with Gasteiger partial charge in [0.25, 0.3) is 0 Å². The predicted octanol–water partition coefficient (Wildman–Crippen LogP) is 2.62. The molecule has 1 aromatic carbocycles. The lowest BCUT2D eigenvalue weighted by molar-refractivity contribution is 0.0481. The van der Waals surface area contributed by atoms with Crippen LogP contribution in [0.3, 0.4) is 0 Å². The molecule has 0 aliphatic carbocycles. The fourth-order valence-electron chi connectivity index (χ4n) is 1.62. The Morgan fingerprint density at radius 2 is 1.81 bits per heavy atom. The molecule has 1 unspecified atom stereocenters. The molecule has 1 aromatic rings. The molecule has 1 rings (SSSR count). The Morgan fingerprint density at radius 1 is 1.25 bits per heavy atom. The van der Waals surface area contributed by atoms with E-state index in [1.54, 1.807) is 12.1 Å². The van der Waals surface area contributed by atoms with Gasteiger partial charge in [-0.3, -0.25) is 4.90 Å². The molecule has 3 heteroatoms. The van der Waals surface area contributed by atoms with Gasteiger partial charge < -0.3 is 4.74 Å². The summed E-state index contributed by atoms with van der Waals surface area (Å²) in [5.74, 6) is 0.804. The van der Waals surface area contributed by atoms with Crippen LogP contribution in [-0.4, -0.2) is 24.2 Å². The van der Waals surface area contributed by atoms with E-state index in [4.69, 9.17) is 10.00 Å². The van der Waals surface area contributed by atoms with Crippen molar-refractivity contribution in [3.63, 3.8) is 0 Å². The van der Waals surface area contributed by atoms with E-state index >= 15 is 0 Å². The lowest BCUT2D eigenvalue weighted by Gasteiger charge is -2.26. The maximum Gasteiger partial charge on any atom is 0.149 e. The average Bonchev–Trinajstić information content (AvgIpc) is 2.31. The Bertz CT molecular complexity index is 349. The number of benzene rings is 1. The van der Waals surface area contributed by atoms with Crippen LogP contribution in [-0.2, 0) is 0 Å². The highest BCUT2D eigenvalue weighted by Crippen LogP contribution is 2.14. The minimum absolute atomic E-state index is 0.0583. The zero-order chi connectivity index (χ0) is 12.0. The lowest BCUT2D eigenvalue weighted by Crippen LogP contribution is -2.36. The molecule has 0 saturated heterocycles. The topological polar surface area (TPSA) is 36.3 Å². The molecule has 0 saturated carbocycles.